The van der Waals surface area contributed by atoms with Crippen LogP contribution >= 0.6 is 0 Å². The van der Waals surface area contributed by atoms with Crippen LogP contribution in [0.25, 0.3) is 11.0 Å². The third-order valence-electron chi connectivity index (χ3n) is 6.41. The fourth-order valence-corrected chi connectivity index (χ4v) is 4.38. The number of aryl methyl sites for hydroxylation is 1. The van der Waals surface area contributed by atoms with Crippen LogP contribution in [0, 0.1) is 0 Å². The zero-order chi connectivity index (χ0) is 25.0. The summed E-state index contributed by atoms with van der Waals surface area (Å²) in [6.07, 6.45) is 8.62. The minimum Gasteiger partial charge on any atom is -0.494 e. The summed E-state index contributed by atoms with van der Waals surface area (Å²) in [5, 5.41) is 0.784. The van der Waals surface area contributed by atoms with Crippen LogP contribution in [0.4, 0.5) is 5.69 Å². The fraction of sp³-hybridized carbons (Fsp3) is 0.500. The number of carbonyl (C=O) groups excluding carboxylic acids is 1. The first kappa shape index (κ1) is 26.8. The molecule has 190 valence electrons. The first-order valence-electron chi connectivity index (χ1n) is 13.4. The van der Waals surface area contributed by atoms with Crippen LogP contribution < -0.4 is 10.5 Å². The van der Waals surface area contributed by atoms with Gasteiger partial charge in [-0.15, -0.1) is 0 Å². The zero-order valence-electron chi connectivity index (χ0n) is 21.8. The van der Waals surface area contributed by atoms with Crippen molar-refractivity contribution in [2.45, 2.75) is 72.1 Å². The molecule has 2 aromatic carbocycles. The van der Waals surface area contributed by atoms with Crippen molar-refractivity contribution < 1.29 is 13.9 Å². The Morgan fingerprint density at radius 1 is 0.914 bits per heavy atom. The van der Waals surface area contributed by atoms with Crippen LogP contribution in [0.1, 0.15) is 87.4 Å². The first-order chi connectivity index (χ1) is 17.1. The van der Waals surface area contributed by atoms with Gasteiger partial charge in [-0.1, -0.05) is 52.2 Å². The maximum Gasteiger partial charge on any atom is 0.197 e. The predicted molar refractivity (Wildman–Crippen MR) is 145 cm³/mol. The van der Waals surface area contributed by atoms with Crippen molar-refractivity contribution >= 4 is 22.4 Å². The molecule has 1 aromatic heterocycles. The number of hydrogen-bond acceptors (Lipinski definition) is 5. The Morgan fingerprint density at radius 3 is 2.34 bits per heavy atom. The van der Waals surface area contributed by atoms with Crippen LogP contribution in [0.15, 0.2) is 46.9 Å². The van der Waals surface area contributed by atoms with Gasteiger partial charge in [0.1, 0.15) is 17.1 Å². The van der Waals surface area contributed by atoms with Crippen molar-refractivity contribution in [1.29, 1.82) is 0 Å². The number of fused-ring (bicyclic) bond motifs is 1. The van der Waals surface area contributed by atoms with Crippen LogP contribution in [-0.4, -0.2) is 36.9 Å². The molecule has 0 fully saturated rings. The number of hydrogen-bond donors (Lipinski definition) is 1. The molecule has 0 unspecified atom stereocenters. The van der Waals surface area contributed by atoms with Crippen molar-refractivity contribution in [1.82, 2.24) is 4.90 Å². The van der Waals surface area contributed by atoms with Gasteiger partial charge in [0.05, 0.1) is 12.2 Å². The molecule has 0 radical (unpaired) electrons. The van der Waals surface area contributed by atoms with E-state index in [0.29, 0.717) is 29.0 Å². The number of anilines is 1. The molecule has 5 nitrogen and oxygen atoms in total. The zero-order valence-corrected chi connectivity index (χ0v) is 21.8. The minimum absolute atomic E-state index is 0.0452. The van der Waals surface area contributed by atoms with E-state index in [2.05, 4.69) is 25.7 Å². The average Bonchev–Trinajstić information content (AvgIpc) is 3.23. The molecule has 0 aliphatic carbocycles. The Kier molecular flexibility index (Phi) is 10.7. The molecule has 3 aromatic rings. The molecule has 2 N–H and O–H groups in total. The number of benzene rings is 2. The number of unbranched alkanes of at least 4 members (excludes halogenated alkanes) is 3. The van der Waals surface area contributed by atoms with Crippen LogP contribution in [0.5, 0.6) is 5.75 Å². The highest BCUT2D eigenvalue weighted by Gasteiger charge is 2.22. The quantitative estimate of drug-likeness (QED) is 0.133. The Hall–Kier alpha value is -2.79. The summed E-state index contributed by atoms with van der Waals surface area (Å²) in [7, 11) is 0. The lowest BCUT2D eigenvalue weighted by Crippen LogP contribution is -2.28. The van der Waals surface area contributed by atoms with E-state index >= 15 is 0 Å². The number of nitrogens with two attached hydrogens (primary N) is 1. The lowest BCUT2D eigenvalue weighted by atomic mass is 9.98. The maximum absolute atomic E-state index is 13.6. The second kappa shape index (κ2) is 13.9. The summed E-state index contributed by atoms with van der Waals surface area (Å²) in [5.74, 6) is 1.42. The lowest BCUT2D eigenvalue weighted by molar-refractivity contribution is 0.103. The highest BCUT2D eigenvalue weighted by molar-refractivity contribution is 6.17. The normalized spacial score (nSPS) is 11.4. The topological polar surface area (TPSA) is 68.7 Å². The molecule has 1 heterocycles. The van der Waals surface area contributed by atoms with Gasteiger partial charge in [-0.05, 0) is 69.1 Å². The van der Waals surface area contributed by atoms with Gasteiger partial charge in [0, 0.05) is 29.6 Å². The summed E-state index contributed by atoms with van der Waals surface area (Å²) in [5.41, 5.74) is 8.59. The van der Waals surface area contributed by atoms with Gasteiger partial charge in [-0.25, -0.2) is 0 Å². The van der Waals surface area contributed by atoms with E-state index < -0.39 is 0 Å². The van der Waals surface area contributed by atoms with Crippen molar-refractivity contribution in [3.05, 3.63) is 59.4 Å². The molecule has 0 saturated carbocycles. The van der Waals surface area contributed by atoms with Crippen molar-refractivity contribution in [2.75, 3.05) is 32.0 Å². The molecular formula is C30H42N2O3. The Morgan fingerprint density at radius 2 is 1.63 bits per heavy atom. The average molecular weight is 479 g/mol. The second-order valence-corrected chi connectivity index (χ2v) is 9.37. The number of ketones is 1. The highest BCUT2D eigenvalue weighted by atomic mass is 16.5. The van der Waals surface area contributed by atoms with Gasteiger partial charge >= 0.3 is 0 Å². The van der Waals surface area contributed by atoms with Crippen LogP contribution in [0.2, 0.25) is 0 Å². The molecule has 0 atom stereocenters. The number of ether oxygens (including phenoxy) is 1. The van der Waals surface area contributed by atoms with Crippen LogP contribution in [-0.2, 0) is 6.42 Å². The highest BCUT2D eigenvalue weighted by Crippen LogP contribution is 2.31. The largest absolute Gasteiger partial charge is 0.494 e. The summed E-state index contributed by atoms with van der Waals surface area (Å²) in [4.78, 5) is 16.2. The molecule has 35 heavy (non-hydrogen) atoms. The SMILES string of the molecule is CCCCc1oc2ccc(N)cc2c1C(=O)c1cccc(OCCCN(CCCC)CCCC)c1. The summed E-state index contributed by atoms with van der Waals surface area (Å²) < 4.78 is 12.1. The molecule has 3 rings (SSSR count). The van der Waals surface area contributed by atoms with E-state index in [0.717, 1.165) is 62.2 Å². The Balaban J connectivity index is 1.69. The standard InChI is InChI=1S/C30H42N2O3/c1-4-7-14-28-29(26-22-24(31)15-16-27(26)35-28)30(33)23-12-10-13-25(21-23)34-20-11-19-32(17-8-5-2)18-9-6-3/h10,12-13,15-16,21-22H,4-9,11,14,17-20,31H2,1-3H3. The summed E-state index contributed by atoms with van der Waals surface area (Å²) >= 11 is 0. The smallest absolute Gasteiger partial charge is 0.197 e. The van der Waals surface area contributed by atoms with Gasteiger partial charge < -0.3 is 19.8 Å². The third kappa shape index (κ3) is 7.60. The number of nitrogens with zero attached hydrogens (tertiary/aromatic N) is 1. The van der Waals surface area contributed by atoms with E-state index in [4.69, 9.17) is 14.9 Å². The third-order valence-corrected chi connectivity index (χ3v) is 6.41. The van der Waals surface area contributed by atoms with Gasteiger partial charge in [0.15, 0.2) is 5.78 Å². The molecular weight excluding hydrogens is 436 g/mol. The maximum atomic E-state index is 13.6. The number of carbonyl (C=O) groups is 1. The molecule has 0 bridgehead atoms. The molecule has 0 amide bonds. The summed E-state index contributed by atoms with van der Waals surface area (Å²) in [6, 6.07) is 13.0. The van der Waals surface area contributed by atoms with E-state index in [1.807, 2.05) is 42.5 Å². The van der Waals surface area contributed by atoms with Gasteiger partial charge in [-0.3, -0.25) is 4.79 Å². The van der Waals surface area contributed by atoms with Crippen LogP contribution in [0.3, 0.4) is 0 Å². The van der Waals surface area contributed by atoms with E-state index in [9.17, 15) is 4.79 Å². The predicted octanol–water partition coefficient (Wildman–Crippen LogP) is 7.26. The first-order valence-corrected chi connectivity index (χ1v) is 13.4. The monoisotopic (exact) mass is 478 g/mol. The van der Waals surface area contributed by atoms with Gasteiger partial charge in [0.2, 0.25) is 0 Å². The van der Waals surface area contributed by atoms with Gasteiger partial charge in [-0.2, -0.15) is 0 Å². The van der Waals surface area contributed by atoms with Crippen molar-refractivity contribution in [3.8, 4) is 5.75 Å². The van der Waals surface area contributed by atoms with Crippen molar-refractivity contribution in [2.24, 2.45) is 0 Å². The Bertz CT molecular complexity index is 1060. The van der Waals surface area contributed by atoms with Gasteiger partial charge in [0.25, 0.3) is 0 Å². The number of nitrogen functional groups attached to an aromatic ring is 1. The summed E-state index contributed by atoms with van der Waals surface area (Å²) in [6.45, 7) is 10.6. The second-order valence-electron chi connectivity index (χ2n) is 9.37. The lowest BCUT2D eigenvalue weighted by Gasteiger charge is -2.21. The number of furan rings is 1. The minimum atomic E-state index is -0.0452. The number of rotatable bonds is 16. The van der Waals surface area contributed by atoms with E-state index in [1.54, 1.807) is 0 Å². The van der Waals surface area contributed by atoms with Crippen molar-refractivity contribution in [3.63, 3.8) is 0 Å². The van der Waals surface area contributed by atoms with E-state index in [-0.39, 0.29) is 5.78 Å². The Labute approximate surface area is 210 Å². The molecule has 5 heteroatoms. The molecule has 0 saturated heterocycles. The fourth-order valence-electron chi connectivity index (χ4n) is 4.38. The molecule has 0 spiro atoms. The molecule has 0 aliphatic heterocycles. The molecule has 0 aliphatic rings. The van der Waals surface area contributed by atoms with E-state index in [1.165, 1.54) is 25.7 Å².